The lowest BCUT2D eigenvalue weighted by Crippen LogP contribution is -2.18. The standard InChI is InChI=1S/C17H17N3O/c1-12-5-3-4-6-16(12)15-9-7-14(8-10-15)11-20-13(2)18-19-17(20)21/h3-10H,11H2,1-2H3,(H,19,21). The van der Waals surface area contributed by atoms with Gasteiger partial charge in [-0.3, -0.25) is 4.57 Å². The summed E-state index contributed by atoms with van der Waals surface area (Å²) < 4.78 is 1.63. The van der Waals surface area contributed by atoms with Gasteiger partial charge >= 0.3 is 5.69 Å². The van der Waals surface area contributed by atoms with Crippen LogP contribution in [0.3, 0.4) is 0 Å². The highest BCUT2D eigenvalue weighted by Crippen LogP contribution is 2.23. The quantitative estimate of drug-likeness (QED) is 0.801. The molecule has 0 spiro atoms. The third-order valence-corrected chi connectivity index (χ3v) is 3.70. The van der Waals surface area contributed by atoms with Gasteiger partial charge in [0.2, 0.25) is 0 Å². The van der Waals surface area contributed by atoms with E-state index in [1.807, 2.05) is 19.1 Å². The number of rotatable bonds is 3. The van der Waals surface area contributed by atoms with Gasteiger partial charge in [0.25, 0.3) is 0 Å². The van der Waals surface area contributed by atoms with Gasteiger partial charge in [0.15, 0.2) is 0 Å². The van der Waals surface area contributed by atoms with Crippen LogP contribution < -0.4 is 5.69 Å². The second kappa shape index (κ2) is 5.40. The van der Waals surface area contributed by atoms with Gasteiger partial charge in [-0.1, -0.05) is 48.5 Å². The van der Waals surface area contributed by atoms with Crippen molar-refractivity contribution in [3.8, 4) is 11.1 Å². The molecule has 1 heterocycles. The van der Waals surface area contributed by atoms with Crippen molar-refractivity contribution in [3.05, 3.63) is 76.0 Å². The lowest BCUT2D eigenvalue weighted by molar-refractivity contribution is 0.734. The molecular formula is C17H17N3O. The molecule has 0 atom stereocenters. The highest BCUT2D eigenvalue weighted by molar-refractivity contribution is 5.67. The zero-order valence-corrected chi connectivity index (χ0v) is 12.1. The third kappa shape index (κ3) is 2.65. The molecule has 106 valence electrons. The summed E-state index contributed by atoms with van der Waals surface area (Å²) >= 11 is 0. The molecule has 0 saturated heterocycles. The van der Waals surface area contributed by atoms with Crippen LogP contribution in [-0.2, 0) is 6.54 Å². The largest absolute Gasteiger partial charge is 0.343 e. The van der Waals surface area contributed by atoms with E-state index in [2.05, 4.69) is 53.5 Å². The van der Waals surface area contributed by atoms with Gasteiger partial charge in [-0.15, -0.1) is 0 Å². The Hall–Kier alpha value is -2.62. The minimum Gasteiger partial charge on any atom is -0.275 e. The van der Waals surface area contributed by atoms with Gasteiger partial charge in [-0.2, -0.15) is 5.10 Å². The maximum Gasteiger partial charge on any atom is 0.343 e. The number of nitrogens with zero attached hydrogens (tertiary/aromatic N) is 2. The van der Waals surface area contributed by atoms with Crippen molar-refractivity contribution in [2.75, 3.05) is 0 Å². The summed E-state index contributed by atoms with van der Waals surface area (Å²) in [5, 5.41) is 6.37. The van der Waals surface area contributed by atoms with E-state index in [1.165, 1.54) is 16.7 Å². The topological polar surface area (TPSA) is 50.7 Å². The summed E-state index contributed by atoms with van der Waals surface area (Å²) in [4.78, 5) is 11.6. The molecule has 0 saturated carbocycles. The molecule has 0 aliphatic rings. The van der Waals surface area contributed by atoms with Crippen molar-refractivity contribution in [1.29, 1.82) is 0 Å². The average Bonchev–Trinajstić information content (AvgIpc) is 2.81. The van der Waals surface area contributed by atoms with E-state index in [1.54, 1.807) is 4.57 Å². The first-order chi connectivity index (χ1) is 10.1. The van der Waals surface area contributed by atoms with Crippen LogP contribution >= 0.6 is 0 Å². The second-order valence-corrected chi connectivity index (χ2v) is 5.17. The fourth-order valence-corrected chi connectivity index (χ4v) is 2.45. The Morgan fingerprint density at radius 1 is 1.05 bits per heavy atom. The van der Waals surface area contributed by atoms with Gasteiger partial charge < -0.3 is 0 Å². The highest BCUT2D eigenvalue weighted by atomic mass is 16.1. The second-order valence-electron chi connectivity index (χ2n) is 5.17. The van der Waals surface area contributed by atoms with E-state index in [9.17, 15) is 4.79 Å². The zero-order chi connectivity index (χ0) is 14.8. The maximum atomic E-state index is 11.6. The number of nitrogens with one attached hydrogen (secondary N) is 1. The Balaban J connectivity index is 1.88. The molecule has 0 aliphatic heterocycles. The molecule has 0 amide bonds. The average molecular weight is 279 g/mol. The molecule has 21 heavy (non-hydrogen) atoms. The van der Waals surface area contributed by atoms with Crippen LogP contribution in [0.1, 0.15) is 17.0 Å². The zero-order valence-electron chi connectivity index (χ0n) is 12.1. The molecule has 0 fully saturated rings. The summed E-state index contributed by atoms with van der Waals surface area (Å²) in [7, 11) is 0. The Morgan fingerprint density at radius 3 is 2.38 bits per heavy atom. The molecule has 1 N–H and O–H groups in total. The first-order valence-electron chi connectivity index (χ1n) is 6.92. The van der Waals surface area contributed by atoms with E-state index in [0.29, 0.717) is 12.4 Å². The molecule has 0 aliphatic carbocycles. The van der Waals surface area contributed by atoms with Gasteiger partial charge in [-0.25, -0.2) is 9.89 Å². The Bertz CT molecular complexity index is 813. The molecule has 3 rings (SSSR count). The number of H-pyrrole nitrogens is 1. The van der Waals surface area contributed by atoms with Crippen LogP contribution in [0.4, 0.5) is 0 Å². The number of hydrogen-bond donors (Lipinski definition) is 1. The summed E-state index contributed by atoms with van der Waals surface area (Å²) in [6.45, 7) is 4.46. The predicted molar refractivity (Wildman–Crippen MR) is 83.3 cm³/mol. The van der Waals surface area contributed by atoms with Crippen molar-refractivity contribution in [3.63, 3.8) is 0 Å². The van der Waals surface area contributed by atoms with Crippen LogP contribution in [-0.4, -0.2) is 14.8 Å². The van der Waals surface area contributed by atoms with Crippen LogP contribution in [0.15, 0.2) is 53.3 Å². The van der Waals surface area contributed by atoms with Crippen molar-refractivity contribution in [2.45, 2.75) is 20.4 Å². The summed E-state index contributed by atoms with van der Waals surface area (Å²) in [6, 6.07) is 16.6. The lowest BCUT2D eigenvalue weighted by Gasteiger charge is -2.08. The number of hydrogen-bond acceptors (Lipinski definition) is 2. The van der Waals surface area contributed by atoms with E-state index >= 15 is 0 Å². The lowest BCUT2D eigenvalue weighted by atomic mass is 10.00. The molecule has 0 bridgehead atoms. The minimum atomic E-state index is -0.171. The van der Waals surface area contributed by atoms with E-state index in [4.69, 9.17) is 0 Å². The van der Waals surface area contributed by atoms with Gasteiger partial charge in [0.1, 0.15) is 5.82 Å². The van der Waals surface area contributed by atoms with Crippen LogP contribution in [0.25, 0.3) is 11.1 Å². The van der Waals surface area contributed by atoms with Gasteiger partial charge in [-0.05, 0) is 36.1 Å². The Morgan fingerprint density at radius 2 is 1.76 bits per heavy atom. The van der Waals surface area contributed by atoms with E-state index in [0.717, 1.165) is 5.56 Å². The number of aromatic nitrogens is 3. The number of aromatic amines is 1. The van der Waals surface area contributed by atoms with Gasteiger partial charge in [0.05, 0.1) is 6.54 Å². The molecule has 0 radical (unpaired) electrons. The number of benzene rings is 2. The fraction of sp³-hybridized carbons (Fsp3) is 0.176. The maximum absolute atomic E-state index is 11.6. The highest BCUT2D eigenvalue weighted by Gasteiger charge is 2.05. The molecular weight excluding hydrogens is 262 g/mol. The molecule has 3 aromatic rings. The monoisotopic (exact) mass is 279 g/mol. The van der Waals surface area contributed by atoms with Crippen molar-refractivity contribution < 1.29 is 0 Å². The van der Waals surface area contributed by atoms with Crippen molar-refractivity contribution in [1.82, 2.24) is 14.8 Å². The van der Waals surface area contributed by atoms with E-state index in [-0.39, 0.29) is 5.69 Å². The van der Waals surface area contributed by atoms with Crippen LogP contribution in [0, 0.1) is 13.8 Å². The van der Waals surface area contributed by atoms with Crippen LogP contribution in [0.5, 0.6) is 0 Å². The molecule has 4 heteroatoms. The van der Waals surface area contributed by atoms with Gasteiger partial charge in [0, 0.05) is 0 Å². The first kappa shape index (κ1) is 13.4. The molecule has 1 aromatic heterocycles. The SMILES string of the molecule is Cc1ccccc1-c1ccc(Cn2c(C)n[nH]c2=O)cc1. The molecule has 2 aromatic carbocycles. The first-order valence-corrected chi connectivity index (χ1v) is 6.92. The Kier molecular flexibility index (Phi) is 3.44. The van der Waals surface area contributed by atoms with Crippen molar-refractivity contribution in [2.24, 2.45) is 0 Å². The smallest absolute Gasteiger partial charge is 0.275 e. The Labute approximate surface area is 123 Å². The minimum absolute atomic E-state index is 0.171. The summed E-state index contributed by atoms with van der Waals surface area (Å²) in [6.07, 6.45) is 0. The van der Waals surface area contributed by atoms with Crippen LogP contribution in [0.2, 0.25) is 0 Å². The summed E-state index contributed by atoms with van der Waals surface area (Å²) in [5.41, 5.74) is 4.59. The summed E-state index contributed by atoms with van der Waals surface area (Å²) in [5.74, 6) is 0.697. The van der Waals surface area contributed by atoms with E-state index < -0.39 is 0 Å². The normalized spacial score (nSPS) is 10.8. The fourth-order valence-electron chi connectivity index (χ4n) is 2.45. The third-order valence-electron chi connectivity index (χ3n) is 3.70. The predicted octanol–water partition coefficient (Wildman–Crippen LogP) is 2.90. The molecule has 4 nitrogen and oxygen atoms in total. The van der Waals surface area contributed by atoms with Crippen molar-refractivity contribution >= 4 is 0 Å². The molecule has 0 unspecified atom stereocenters. The number of aryl methyl sites for hydroxylation is 2.